The summed E-state index contributed by atoms with van der Waals surface area (Å²) in [6.07, 6.45) is 5.53. The van der Waals surface area contributed by atoms with Gasteiger partial charge in [0.05, 0.1) is 0 Å². The van der Waals surface area contributed by atoms with Crippen LogP contribution in [0.3, 0.4) is 0 Å². The highest BCUT2D eigenvalue weighted by atomic mass is 15.1. The van der Waals surface area contributed by atoms with Crippen molar-refractivity contribution in [2.75, 3.05) is 13.6 Å². The average Bonchev–Trinajstić information content (AvgIpc) is 2.47. The van der Waals surface area contributed by atoms with Crippen LogP contribution in [-0.2, 0) is 13.1 Å². The molecule has 0 spiro atoms. The molecule has 1 aromatic carbocycles. The highest BCUT2D eigenvalue weighted by molar-refractivity contribution is 5.27. The molecular weight excluding hydrogens is 244 g/mol. The third kappa shape index (κ3) is 4.32. The van der Waals surface area contributed by atoms with Crippen molar-refractivity contribution in [2.24, 2.45) is 5.92 Å². The van der Waals surface area contributed by atoms with Crippen LogP contribution in [0.5, 0.6) is 0 Å². The van der Waals surface area contributed by atoms with E-state index in [0.29, 0.717) is 0 Å². The predicted octanol–water partition coefficient (Wildman–Crippen LogP) is 3.81. The summed E-state index contributed by atoms with van der Waals surface area (Å²) >= 11 is 0. The number of rotatable bonds is 6. The van der Waals surface area contributed by atoms with Gasteiger partial charge in [-0.05, 0) is 56.3 Å². The highest BCUT2D eigenvalue weighted by Gasteiger charge is 2.21. The molecule has 1 fully saturated rings. The summed E-state index contributed by atoms with van der Waals surface area (Å²) in [7, 11) is 2.30. The fourth-order valence-corrected chi connectivity index (χ4v) is 3.22. The van der Waals surface area contributed by atoms with Crippen molar-refractivity contribution < 1.29 is 0 Å². The number of hydrogen-bond acceptors (Lipinski definition) is 2. The number of hydrogen-bond donors (Lipinski definition) is 1. The third-order valence-electron chi connectivity index (χ3n) is 4.71. The Kier molecular flexibility index (Phi) is 6.06. The smallest absolute Gasteiger partial charge is 0.0236 e. The van der Waals surface area contributed by atoms with Gasteiger partial charge in [0.2, 0.25) is 0 Å². The first kappa shape index (κ1) is 15.5. The molecular formula is C18H30N2. The van der Waals surface area contributed by atoms with Crippen LogP contribution >= 0.6 is 0 Å². The Morgan fingerprint density at radius 2 is 1.75 bits per heavy atom. The topological polar surface area (TPSA) is 15.3 Å². The lowest BCUT2D eigenvalue weighted by atomic mass is 9.86. The first-order chi connectivity index (χ1) is 9.70. The van der Waals surface area contributed by atoms with Gasteiger partial charge in [0.1, 0.15) is 0 Å². The summed E-state index contributed by atoms with van der Waals surface area (Å²) in [6, 6.07) is 9.64. The quantitative estimate of drug-likeness (QED) is 0.848. The molecule has 0 atom stereocenters. The van der Waals surface area contributed by atoms with Crippen LogP contribution in [-0.4, -0.2) is 24.5 Å². The van der Waals surface area contributed by atoms with E-state index in [-0.39, 0.29) is 0 Å². The second kappa shape index (κ2) is 7.80. The van der Waals surface area contributed by atoms with Gasteiger partial charge >= 0.3 is 0 Å². The second-order valence-electron chi connectivity index (χ2n) is 6.38. The SMILES string of the molecule is CCNCc1ccccc1CN(C)C1CCC(C)CC1. The molecule has 2 nitrogen and oxygen atoms in total. The minimum atomic E-state index is 0.776. The molecule has 1 aliphatic carbocycles. The number of benzene rings is 1. The van der Waals surface area contributed by atoms with Gasteiger partial charge in [0.15, 0.2) is 0 Å². The largest absolute Gasteiger partial charge is 0.313 e. The molecule has 112 valence electrons. The Hall–Kier alpha value is -0.860. The van der Waals surface area contributed by atoms with Gasteiger partial charge in [-0.2, -0.15) is 0 Å². The summed E-state index contributed by atoms with van der Waals surface area (Å²) in [6.45, 7) is 7.66. The Balaban J connectivity index is 1.94. The van der Waals surface area contributed by atoms with Gasteiger partial charge in [-0.15, -0.1) is 0 Å². The maximum atomic E-state index is 3.45. The van der Waals surface area contributed by atoms with Crippen LogP contribution in [0.4, 0.5) is 0 Å². The summed E-state index contributed by atoms with van der Waals surface area (Å²) in [5.41, 5.74) is 2.93. The molecule has 0 radical (unpaired) electrons. The molecule has 0 heterocycles. The van der Waals surface area contributed by atoms with E-state index in [1.54, 1.807) is 0 Å². The van der Waals surface area contributed by atoms with E-state index in [1.807, 2.05) is 0 Å². The van der Waals surface area contributed by atoms with Crippen LogP contribution in [0.25, 0.3) is 0 Å². The standard InChI is InChI=1S/C18H30N2/c1-4-19-13-16-7-5-6-8-17(16)14-20(3)18-11-9-15(2)10-12-18/h5-8,15,18-19H,4,9-14H2,1-3H3. The monoisotopic (exact) mass is 274 g/mol. The zero-order valence-corrected chi connectivity index (χ0v) is 13.4. The molecule has 0 bridgehead atoms. The first-order valence-corrected chi connectivity index (χ1v) is 8.18. The van der Waals surface area contributed by atoms with Crippen LogP contribution in [0.15, 0.2) is 24.3 Å². The van der Waals surface area contributed by atoms with Crippen LogP contribution < -0.4 is 5.32 Å². The van der Waals surface area contributed by atoms with Gasteiger partial charge < -0.3 is 5.32 Å². The van der Waals surface area contributed by atoms with Crippen molar-refractivity contribution in [3.8, 4) is 0 Å². The molecule has 1 N–H and O–H groups in total. The van der Waals surface area contributed by atoms with Crippen LogP contribution in [0.2, 0.25) is 0 Å². The molecule has 1 aliphatic rings. The highest BCUT2D eigenvalue weighted by Crippen LogP contribution is 2.27. The normalized spacial score (nSPS) is 23.2. The zero-order chi connectivity index (χ0) is 14.4. The third-order valence-corrected chi connectivity index (χ3v) is 4.71. The van der Waals surface area contributed by atoms with E-state index in [9.17, 15) is 0 Å². The van der Waals surface area contributed by atoms with Gasteiger partial charge in [-0.3, -0.25) is 4.90 Å². The molecule has 1 saturated carbocycles. The van der Waals surface area contributed by atoms with E-state index in [2.05, 4.69) is 55.4 Å². The maximum absolute atomic E-state index is 3.45. The van der Waals surface area contributed by atoms with Gasteiger partial charge in [0.25, 0.3) is 0 Å². The molecule has 0 unspecified atom stereocenters. The lowest BCUT2D eigenvalue weighted by Crippen LogP contribution is -2.34. The van der Waals surface area contributed by atoms with E-state index in [1.165, 1.54) is 36.8 Å². The second-order valence-corrected chi connectivity index (χ2v) is 6.38. The van der Waals surface area contributed by atoms with Crippen molar-refractivity contribution in [3.05, 3.63) is 35.4 Å². The lowest BCUT2D eigenvalue weighted by Gasteiger charge is -2.34. The van der Waals surface area contributed by atoms with Crippen molar-refractivity contribution in [2.45, 2.75) is 58.7 Å². The fraction of sp³-hybridized carbons (Fsp3) is 0.667. The summed E-state index contributed by atoms with van der Waals surface area (Å²) < 4.78 is 0. The molecule has 0 aliphatic heterocycles. The minimum absolute atomic E-state index is 0.776. The Labute approximate surface area is 124 Å². The lowest BCUT2D eigenvalue weighted by molar-refractivity contribution is 0.163. The van der Waals surface area contributed by atoms with Crippen molar-refractivity contribution >= 4 is 0 Å². The van der Waals surface area contributed by atoms with Crippen LogP contribution in [0.1, 0.15) is 50.7 Å². The summed E-state index contributed by atoms with van der Waals surface area (Å²) in [5, 5.41) is 3.45. The Morgan fingerprint density at radius 3 is 2.40 bits per heavy atom. The zero-order valence-electron chi connectivity index (χ0n) is 13.4. The molecule has 2 heteroatoms. The first-order valence-electron chi connectivity index (χ1n) is 8.18. The van der Waals surface area contributed by atoms with Gasteiger partial charge in [-0.1, -0.05) is 38.1 Å². The molecule has 20 heavy (non-hydrogen) atoms. The summed E-state index contributed by atoms with van der Waals surface area (Å²) in [5.74, 6) is 0.931. The molecule has 0 saturated heterocycles. The van der Waals surface area contributed by atoms with Crippen molar-refractivity contribution in [3.63, 3.8) is 0 Å². The Morgan fingerprint density at radius 1 is 1.10 bits per heavy atom. The van der Waals surface area contributed by atoms with E-state index in [0.717, 1.165) is 31.6 Å². The fourth-order valence-electron chi connectivity index (χ4n) is 3.22. The number of nitrogens with zero attached hydrogens (tertiary/aromatic N) is 1. The van der Waals surface area contributed by atoms with Gasteiger partial charge in [-0.25, -0.2) is 0 Å². The molecule has 0 amide bonds. The molecule has 2 rings (SSSR count). The predicted molar refractivity (Wildman–Crippen MR) is 86.7 cm³/mol. The maximum Gasteiger partial charge on any atom is 0.0236 e. The van der Waals surface area contributed by atoms with E-state index >= 15 is 0 Å². The van der Waals surface area contributed by atoms with Gasteiger partial charge in [0, 0.05) is 19.1 Å². The van der Waals surface area contributed by atoms with Crippen molar-refractivity contribution in [1.29, 1.82) is 0 Å². The summed E-state index contributed by atoms with van der Waals surface area (Å²) in [4.78, 5) is 2.57. The van der Waals surface area contributed by atoms with Crippen LogP contribution in [0, 0.1) is 5.92 Å². The van der Waals surface area contributed by atoms with E-state index in [4.69, 9.17) is 0 Å². The minimum Gasteiger partial charge on any atom is -0.313 e. The van der Waals surface area contributed by atoms with Crippen molar-refractivity contribution in [1.82, 2.24) is 10.2 Å². The Bertz CT molecular complexity index is 394. The van der Waals surface area contributed by atoms with E-state index < -0.39 is 0 Å². The average molecular weight is 274 g/mol. The number of nitrogens with one attached hydrogen (secondary N) is 1. The molecule has 1 aromatic rings. The molecule has 0 aromatic heterocycles.